The monoisotopic (exact) mass is 2090 g/mol. The summed E-state index contributed by atoms with van der Waals surface area (Å²) in [7, 11) is 0. The van der Waals surface area contributed by atoms with Gasteiger partial charge >= 0.3 is 0 Å². The van der Waals surface area contributed by atoms with Gasteiger partial charge in [0.1, 0.15) is 281 Å². The maximum atomic E-state index is 13.6. The summed E-state index contributed by atoms with van der Waals surface area (Å²) in [5.41, 5.74) is 0. The molecule has 12 aliphatic rings. The Bertz CT molecular complexity index is 3960. The molecule has 143 heavy (non-hydrogen) atoms. The molecule has 0 aromatic carbocycles. The first kappa shape index (κ1) is 117. The fourth-order valence-electron chi connectivity index (χ4n) is 18.7. The Kier molecular flexibility index (Phi) is 41.8. The highest BCUT2D eigenvalue weighted by Gasteiger charge is 2.64. The van der Waals surface area contributed by atoms with Gasteiger partial charge in [0, 0.05) is 27.7 Å². The van der Waals surface area contributed by atoms with E-state index in [-0.39, 0.29) is 0 Å². The lowest BCUT2D eigenvalue weighted by atomic mass is 9.93. The molecule has 0 aromatic heterocycles. The van der Waals surface area contributed by atoms with Crippen LogP contribution in [0.5, 0.6) is 0 Å². The second kappa shape index (κ2) is 51.0. The highest BCUT2D eigenvalue weighted by molar-refractivity contribution is 5.74. The normalized spacial score (nSPS) is 50.7. The van der Waals surface area contributed by atoms with Gasteiger partial charge in [0.25, 0.3) is 0 Å². The predicted molar refractivity (Wildman–Crippen MR) is 439 cm³/mol. The number of rotatable bonds is 36. The molecule has 828 valence electrons. The van der Waals surface area contributed by atoms with Crippen LogP contribution in [0.15, 0.2) is 0 Å². The van der Waals surface area contributed by atoms with E-state index >= 15 is 0 Å². The van der Waals surface area contributed by atoms with Crippen molar-refractivity contribution < 1.29 is 292 Å². The largest absolute Gasteiger partial charge is 0.394 e. The zero-order chi connectivity index (χ0) is 105. The molecule has 12 heterocycles. The number of hydrogen-bond acceptors (Lipinski definition) is 59. The van der Waals surface area contributed by atoms with Crippen molar-refractivity contribution >= 4 is 23.6 Å². The average molecular weight is 2100 g/mol. The number of hydrogen-bond donors (Lipinski definition) is 36. The van der Waals surface area contributed by atoms with Crippen LogP contribution in [0.25, 0.3) is 0 Å². The lowest BCUT2D eigenvalue weighted by molar-refractivity contribution is -0.395. The van der Waals surface area contributed by atoms with Crippen LogP contribution in [0.1, 0.15) is 41.5 Å². The first-order valence-electron chi connectivity index (χ1n) is 45.9. The third-order valence-electron chi connectivity index (χ3n) is 26.6. The van der Waals surface area contributed by atoms with Gasteiger partial charge in [-0.15, -0.1) is 0 Å². The van der Waals surface area contributed by atoms with E-state index in [1.807, 2.05) is 0 Å². The lowest BCUT2D eigenvalue weighted by Gasteiger charge is -2.51. The second-order valence-electron chi connectivity index (χ2n) is 36.6. The van der Waals surface area contributed by atoms with Crippen molar-refractivity contribution in [3.05, 3.63) is 0 Å². The van der Waals surface area contributed by atoms with Gasteiger partial charge in [-0.2, -0.15) is 0 Å². The molecule has 12 rings (SSSR count). The van der Waals surface area contributed by atoms with Gasteiger partial charge in [-0.25, -0.2) is 0 Å². The van der Waals surface area contributed by atoms with E-state index in [4.69, 9.17) is 109 Å². The summed E-state index contributed by atoms with van der Waals surface area (Å²) in [6, 6.07) is -8.12. The summed E-state index contributed by atoms with van der Waals surface area (Å²) in [6.07, 6.45) is -117. The highest BCUT2D eigenvalue weighted by atomic mass is 16.8. The number of ether oxygens (including phenoxy) is 23. The highest BCUT2D eigenvalue weighted by Crippen LogP contribution is 2.43. The molecule has 36 N–H and O–H groups in total. The van der Waals surface area contributed by atoms with Crippen molar-refractivity contribution in [1.82, 2.24) is 21.3 Å². The molecule has 60 atom stereocenters. The summed E-state index contributed by atoms with van der Waals surface area (Å²) in [4.78, 5) is 53.1. The van der Waals surface area contributed by atoms with Crippen LogP contribution < -0.4 is 21.3 Å². The molecule has 4 amide bonds. The molecular weight excluding hydrogens is 1960 g/mol. The Labute approximate surface area is 809 Å². The van der Waals surface area contributed by atoms with Crippen molar-refractivity contribution in [2.75, 3.05) is 66.1 Å². The summed E-state index contributed by atoms with van der Waals surface area (Å²) < 4.78 is 137. The van der Waals surface area contributed by atoms with E-state index < -0.39 is 458 Å². The van der Waals surface area contributed by atoms with Crippen LogP contribution >= 0.6 is 0 Å². The smallest absolute Gasteiger partial charge is 0.217 e. The summed E-state index contributed by atoms with van der Waals surface area (Å²) in [5, 5.41) is 369. The fraction of sp³-hybridized carbons (Fsp3) is 0.950. The predicted octanol–water partition coefficient (Wildman–Crippen LogP) is -24.5. The molecule has 63 heteroatoms. The molecule has 0 aromatic rings. The molecule has 63 nitrogen and oxygen atoms in total. The molecule has 0 aliphatic carbocycles. The Balaban J connectivity index is 0.853. The molecule has 1 unspecified atom stereocenters. The molecule has 12 aliphatic heterocycles. The molecule has 12 saturated heterocycles. The van der Waals surface area contributed by atoms with Crippen molar-refractivity contribution in [1.29, 1.82) is 0 Å². The van der Waals surface area contributed by atoms with Crippen LogP contribution in [0, 0.1) is 0 Å². The Morgan fingerprint density at radius 2 is 0.413 bits per heavy atom. The van der Waals surface area contributed by atoms with Crippen LogP contribution in [0.2, 0.25) is 0 Å². The number of nitrogens with one attached hydrogen (secondary N) is 4. The minimum atomic E-state index is -2.65. The number of aliphatic hydroxyl groups excluding tert-OH is 32. The van der Waals surface area contributed by atoms with Crippen LogP contribution in [0.3, 0.4) is 0 Å². The molecule has 0 radical (unpaired) electrons. The van der Waals surface area contributed by atoms with Gasteiger partial charge in [0.15, 0.2) is 75.5 Å². The van der Waals surface area contributed by atoms with Gasteiger partial charge < -0.3 is 294 Å². The molecular formula is C80H134N4O59. The van der Waals surface area contributed by atoms with E-state index in [1.165, 1.54) is 13.8 Å². The molecule has 0 bridgehead atoms. The van der Waals surface area contributed by atoms with E-state index in [0.717, 1.165) is 27.7 Å². The fourth-order valence-corrected chi connectivity index (χ4v) is 18.7. The standard InChI is InChI=1S/C80H134N4O59/c1-17-37(97)48(108)55(115)74(123-17)142-67-51(111)40(100)24(8-86)127-79(67)138-62-28(12-90)130-71(34(45(62)105)82-20(4)94)122-15-31-42(102)65(140-73-36(84-22(6)96)47(107)63(30(14-92)132-73)139-80-68(52(112)41(101)25(9-87)128-80)143-75-56(116)49(109)38(98)18(2)124-75)58(118)77(133-31)136-61-29(13-91)131-72(35(46(61)106)83-21(5)95)141-66-43(103)32(134-78(59(66)119)137-64-26(10-88)125-69(120)54(114)53(64)113)16-121-70-33(81-19(3)93)44(104)60(27(11-89)129-70)135-76-57(117)50(110)39(99)23(7-85)126-76/h17-18,23-80,85-92,97-120H,7-16H2,1-6H3,(H,81,93)(H,82,94)(H,83,95)(H,84,96)/t17-,18-,23+,24+,25+,26+,27+,28+,29+,30+,31+,32+,33+,34+,35+,36+,37+,38+,39-,40-,41-,42-,43-,44+,45+,46+,47+,48+,49+,50-,51-,52-,53+,54+,55-,56-,57+,58+,59+,60+,61+,62+,63+,64+,65-,66-,67+,68+,69?,70+,71+,72-,73-,74-,75-,76-,77-,78-,79-,80-/m0/s1. The zero-order valence-corrected chi connectivity index (χ0v) is 77.0. The van der Waals surface area contributed by atoms with Crippen molar-refractivity contribution in [2.45, 2.75) is 410 Å². The summed E-state index contributed by atoms with van der Waals surface area (Å²) in [5.74, 6) is -4.05. The summed E-state index contributed by atoms with van der Waals surface area (Å²) >= 11 is 0. The Morgan fingerprint density at radius 3 is 0.720 bits per heavy atom. The Hall–Kier alpha value is -4.32. The van der Waals surface area contributed by atoms with Crippen molar-refractivity contribution in [3.8, 4) is 0 Å². The van der Waals surface area contributed by atoms with Crippen molar-refractivity contribution in [2.24, 2.45) is 0 Å². The van der Waals surface area contributed by atoms with Crippen molar-refractivity contribution in [3.63, 3.8) is 0 Å². The first-order valence-corrected chi connectivity index (χ1v) is 45.9. The van der Waals surface area contributed by atoms with Gasteiger partial charge in [-0.3, -0.25) is 19.2 Å². The molecule has 12 fully saturated rings. The maximum Gasteiger partial charge on any atom is 0.217 e. The van der Waals surface area contributed by atoms with Gasteiger partial charge in [0.05, 0.1) is 78.3 Å². The van der Waals surface area contributed by atoms with E-state index in [2.05, 4.69) is 21.3 Å². The number of aliphatic hydroxyl groups is 32. The van der Waals surface area contributed by atoms with Gasteiger partial charge in [-0.05, 0) is 13.8 Å². The van der Waals surface area contributed by atoms with Crippen LogP contribution in [-0.4, -0.2) is 621 Å². The minimum absolute atomic E-state index is 0.856. The third-order valence-corrected chi connectivity index (χ3v) is 26.6. The second-order valence-corrected chi connectivity index (χ2v) is 36.6. The number of amides is 4. The first-order chi connectivity index (χ1) is 67.6. The summed E-state index contributed by atoms with van der Waals surface area (Å²) in [6.45, 7) is -5.37. The quantitative estimate of drug-likeness (QED) is 0.0277. The maximum absolute atomic E-state index is 13.6. The van der Waals surface area contributed by atoms with Gasteiger partial charge in [0.2, 0.25) is 23.6 Å². The lowest BCUT2D eigenvalue weighted by Crippen LogP contribution is -2.71. The third kappa shape index (κ3) is 25.8. The zero-order valence-electron chi connectivity index (χ0n) is 77.0. The number of carbonyl (C=O) groups is 4. The SMILES string of the molecule is CC(=O)N[C@H]1[C@H](OC[C@H]2O[C@@H](O[C@H]3[C@H](O)[C@@H](O)C(O)O[C@@H]3CO)[C@H](O)[C@@H](O[C@@H]3O[C@H](CO)[C@@H](O[C@@H]4O[C@H](CO[C@@H]5O[C@H](CO)[C@@H](O[C@@H]6O[C@H](CO)[C@H](O)[C@H](O)[C@H]6O[C@@H]6O[C@@H](C)[C@@H](O)[C@@H](O)[C@@H]6O)[C@H](O)[C@H]5NC(C)=O)[C@H](O)[C@H](O[C@@H]5O[C@H](CO)[C@@H](O[C@@H]6O[C@H](CO)[C@H](O)[C@H](O)[C@H]6O[C@@H]6O[C@@H](C)[C@@H](O)[C@@H](O)[C@@H]6O)[C@H](O)[C@H]5NC(C)=O)[C@H]4O)[C@H](O)[C@H]3NC(C)=O)[C@H]2O)O[C@H](CO)[C@@H](O[C@@H]2O[C@H](CO)[C@H](O)[C@H](O)[C@H]2O)[C@@H]1O. The Morgan fingerprint density at radius 1 is 0.196 bits per heavy atom. The van der Waals surface area contributed by atoms with Crippen LogP contribution in [-0.2, 0) is 128 Å². The molecule has 0 spiro atoms. The van der Waals surface area contributed by atoms with E-state index in [9.17, 15) is 183 Å². The van der Waals surface area contributed by atoms with Gasteiger partial charge in [-0.1, -0.05) is 0 Å². The number of carbonyl (C=O) groups excluding carboxylic acids is 4. The van der Waals surface area contributed by atoms with E-state index in [0.29, 0.717) is 0 Å². The minimum Gasteiger partial charge on any atom is -0.394 e. The van der Waals surface area contributed by atoms with Crippen LogP contribution in [0.4, 0.5) is 0 Å². The van der Waals surface area contributed by atoms with E-state index in [1.54, 1.807) is 0 Å². The topological polar surface area (TPSA) is 976 Å². The molecule has 0 saturated carbocycles. The average Bonchev–Trinajstić information content (AvgIpc) is 0.764.